The van der Waals surface area contributed by atoms with E-state index in [0.29, 0.717) is 28.2 Å². The first kappa shape index (κ1) is 46.8. The number of aromatic hydroxyl groups is 1. The third-order valence-corrected chi connectivity index (χ3v) is 13.1. The average Bonchev–Trinajstić information content (AvgIpc) is 3.22. The van der Waals surface area contributed by atoms with Crippen LogP contribution in [0.25, 0.3) is 43.1 Å². The van der Waals surface area contributed by atoms with E-state index in [0.717, 1.165) is 30.3 Å². The molecule has 0 atom stereocenters. The Bertz CT molecular complexity index is 3890. The summed E-state index contributed by atoms with van der Waals surface area (Å²) < 4.78 is 138. The molecule has 324 valence electrons. The van der Waals surface area contributed by atoms with Crippen LogP contribution in [0.1, 0.15) is 0 Å². The SMILES string of the molecule is Nc1cc(O)c2cc(N=Nc3ccc(N=Nc4ccc(N=Nc5ccc6cc(S(=O)(=O)O)cc(S(=O)(=O)O)c6c5)c5ccccc45)c4cc(S(=O)(=O)O)ccc34)c(S(=O)(=O)[O-])cc2c1.[Na+]. The molecule has 8 aromatic carbocycles. The molecule has 8 rings (SSSR count). The molecule has 8 aromatic rings. The minimum atomic E-state index is -5.12. The number of nitrogens with zero attached hydrogens (tertiary/aromatic N) is 6. The van der Waals surface area contributed by atoms with Gasteiger partial charge in [0.1, 0.15) is 26.5 Å². The van der Waals surface area contributed by atoms with Crippen molar-refractivity contribution in [1.29, 1.82) is 0 Å². The molecule has 25 heteroatoms. The Hall–Kier alpha value is -6.16. The summed E-state index contributed by atoms with van der Waals surface area (Å²) in [5.41, 5.74) is 6.35. The van der Waals surface area contributed by atoms with Gasteiger partial charge >= 0.3 is 29.6 Å². The van der Waals surface area contributed by atoms with Gasteiger partial charge in [-0.3, -0.25) is 13.7 Å². The zero-order valence-electron chi connectivity index (χ0n) is 32.9. The van der Waals surface area contributed by atoms with Crippen LogP contribution in [0.3, 0.4) is 0 Å². The molecule has 0 unspecified atom stereocenters. The predicted octanol–water partition coefficient (Wildman–Crippen LogP) is 6.48. The normalized spacial score (nSPS) is 12.9. The number of anilines is 1. The Balaban J connectivity index is 0.00000630. The zero-order valence-corrected chi connectivity index (χ0v) is 38.2. The Morgan fingerprint density at radius 1 is 0.431 bits per heavy atom. The van der Waals surface area contributed by atoms with Crippen LogP contribution in [0, 0.1) is 0 Å². The van der Waals surface area contributed by atoms with Gasteiger partial charge in [0.2, 0.25) is 0 Å². The number of rotatable bonds is 10. The molecule has 6 N–H and O–H groups in total. The number of hydrogen-bond donors (Lipinski definition) is 5. The Morgan fingerprint density at radius 3 is 1.52 bits per heavy atom. The number of fused-ring (bicyclic) bond motifs is 4. The van der Waals surface area contributed by atoms with E-state index >= 15 is 0 Å². The van der Waals surface area contributed by atoms with Crippen LogP contribution in [0.15, 0.2) is 172 Å². The smallest absolute Gasteiger partial charge is 0.744 e. The molecule has 20 nitrogen and oxygen atoms in total. The summed E-state index contributed by atoms with van der Waals surface area (Å²) >= 11 is 0. The molecule has 0 aliphatic carbocycles. The van der Waals surface area contributed by atoms with E-state index in [1.807, 2.05) is 0 Å². The topological polar surface area (TPSA) is 341 Å². The molecular weight excluding hydrogens is 938 g/mol. The van der Waals surface area contributed by atoms with Crippen molar-refractivity contribution >= 4 is 123 Å². The van der Waals surface area contributed by atoms with Gasteiger partial charge < -0.3 is 15.4 Å². The van der Waals surface area contributed by atoms with Crippen molar-refractivity contribution in [1.82, 2.24) is 0 Å². The number of hydrogen-bond acceptors (Lipinski definition) is 17. The van der Waals surface area contributed by atoms with Gasteiger partial charge in [0.25, 0.3) is 30.4 Å². The first-order chi connectivity index (χ1) is 30.0. The molecule has 0 bridgehead atoms. The van der Waals surface area contributed by atoms with Crippen LogP contribution in [0.5, 0.6) is 5.75 Å². The maximum atomic E-state index is 12.2. The van der Waals surface area contributed by atoms with Gasteiger partial charge in [-0.1, -0.05) is 36.4 Å². The molecule has 0 aromatic heterocycles. The number of phenolic OH excluding ortho intramolecular Hbond substituents is 1. The summed E-state index contributed by atoms with van der Waals surface area (Å²) in [7, 11) is -19.6. The summed E-state index contributed by atoms with van der Waals surface area (Å²) in [4.78, 5) is -2.78. The molecule has 0 fully saturated rings. The average molecular weight is 964 g/mol. The molecule has 0 spiro atoms. The zero-order chi connectivity index (χ0) is 45.9. The maximum Gasteiger partial charge on any atom is 1.00 e. The summed E-state index contributed by atoms with van der Waals surface area (Å²) in [5, 5.41) is 37.6. The fourth-order valence-corrected chi connectivity index (χ4v) is 9.25. The quantitative estimate of drug-likeness (QED) is 0.0424. The fourth-order valence-electron chi connectivity index (χ4n) is 6.77. The van der Waals surface area contributed by atoms with E-state index in [-0.39, 0.29) is 90.4 Å². The number of nitrogen functional groups attached to an aromatic ring is 1. The van der Waals surface area contributed by atoms with Gasteiger partial charge in [0.05, 0.1) is 43.1 Å². The number of nitrogens with two attached hydrogens (primary N) is 1. The van der Waals surface area contributed by atoms with E-state index in [1.165, 1.54) is 48.5 Å². The van der Waals surface area contributed by atoms with Crippen molar-refractivity contribution in [3.05, 3.63) is 121 Å². The number of azo groups is 3. The van der Waals surface area contributed by atoms with E-state index in [9.17, 15) is 57.0 Å². The summed E-state index contributed by atoms with van der Waals surface area (Å²) in [5.74, 6) is -0.311. The predicted molar refractivity (Wildman–Crippen MR) is 232 cm³/mol. The molecule has 0 saturated carbocycles. The van der Waals surface area contributed by atoms with Gasteiger partial charge in [-0.2, -0.15) is 30.4 Å². The van der Waals surface area contributed by atoms with Crippen molar-refractivity contribution < 1.29 is 86.5 Å². The van der Waals surface area contributed by atoms with Crippen molar-refractivity contribution in [2.75, 3.05) is 5.73 Å². The summed E-state index contributed by atoms with van der Waals surface area (Å²) in [6, 6.07) is 26.7. The largest absolute Gasteiger partial charge is 1.00 e. The number of benzene rings is 8. The van der Waals surface area contributed by atoms with Crippen LogP contribution in [-0.4, -0.2) is 57.0 Å². The second kappa shape index (κ2) is 17.3. The summed E-state index contributed by atoms with van der Waals surface area (Å²) in [6.45, 7) is 0. The van der Waals surface area contributed by atoms with Gasteiger partial charge in [-0.15, -0.1) is 25.6 Å². The van der Waals surface area contributed by atoms with Gasteiger partial charge in [-0.25, -0.2) is 8.42 Å². The van der Waals surface area contributed by atoms with Gasteiger partial charge in [-0.05, 0) is 89.6 Å². The molecule has 0 saturated heterocycles. The van der Waals surface area contributed by atoms with Gasteiger partial charge in [0, 0.05) is 44.1 Å². The molecular formula is C40H26N7NaO13S4. The van der Waals surface area contributed by atoms with Crippen molar-refractivity contribution in [2.24, 2.45) is 30.7 Å². The molecule has 65 heavy (non-hydrogen) atoms. The van der Waals surface area contributed by atoms with Crippen LogP contribution >= 0.6 is 0 Å². The maximum absolute atomic E-state index is 12.2. The van der Waals surface area contributed by atoms with Crippen LogP contribution in [0.2, 0.25) is 0 Å². The minimum absolute atomic E-state index is 0. The minimum Gasteiger partial charge on any atom is -0.744 e. The van der Waals surface area contributed by atoms with E-state index in [4.69, 9.17) is 5.73 Å². The fraction of sp³-hybridized carbons (Fsp3) is 0. The monoisotopic (exact) mass is 963 g/mol. The summed E-state index contributed by atoms with van der Waals surface area (Å²) in [6.07, 6.45) is 0. The van der Waals surface area contributed by atoms with Crippen molar-refractivity contribution in [2.45, 2.75) is 19.6 Å². The number of phenols is 1. The van der Waals surface area contributed by atoms with E-state index in [2.05, 4.69) is 30.7 Å². The third kappa shape index (κ3) is 9.77. The Labute approximate surface area is 390 Å². The molecule has 0 radical (unpaired) electrons. The molecule has 0 aliphatic rings. The third-order valence-electron chi connectivity index (χ3n) is 9.67. The van der Waals surface area contributed by atoms with E-state index in [1.54, 1.807) is 36.4 Å². The van der Waals surface area contributed by atoms with Crippen LogP contribution < -0.4 is 35.3 Å². The molecule has 0 amide bonds. The van der Waals surface area contributed by atoms with E-state index < -0.39 is 65.7 Å². The van der Waals surface area contributed by atoms with Crippen molar-refractivity contribution in [3.8, 4) is 5.75 Å². The standard InChI is InChI=1S/C40H27N7O13S4.Na/c41-23-13-22-15-40(64(58,59)60)37(20-30(22)38(48)16-23)47-45-35-11-12-36(32-18-25(61(49,50)51)7-8-29(32)35)46-44-34-10-9-33(27-3-1-2-4-28(27)34)43-42-24-6-5-21-14-26(62(52,53)54)19-39(31(21)17-24)63(55,56)57;/h1-20,48H,41H2,(H,49,50,51)(H,52,53,54)(H,55,56,57)(H,58,59,60);/q;+1/p-1. The van der Waals surface area contributed by atoms with Gasteiger partial charge in [0.15, 0.2) is 0 Å². The second-order valence-corrected chi connectivity index (χ2v) is 19.4. The Kier molecular flexibility index (Phi) is 12.5. The Morgan fingerprint density at radius 2 is 0.969 bits per heavy atom. The molecule has 0 heterocycles. The first-order valence-electron chi connectivity index (χ1n) is 17.9. The van der Waals surface area contributed by atoms with Crippen LogP contribution in [0.4, 0.5) is 39.8 Å². The molecule has 0 aliphatic heterocycles. The second-order valence-electron chi connectivity index (χ2n) is 13.8. The van der Waals surface area contributed by atoms with Crippen molar-refractivity contribution in [3.63, 3.8) is 0 Å². The first-order valence-corrected chi connectivity index (χ1v) is 23.6. The van der Waals surface area contributed by atoms with Crippen LogP contribution in [-0.2, 0) is 40.5 Å².